The van der Waals surface area contributed by atoms with Gasteiger partial charge in [-0.3, -0.25) is 0 Å². The molecule has 0 aliphatic heterocycles. The van der Waals surface area contributed by atoms with Crippen molar-refractivity contribution >= 4 is 11.8 Å². The Bertz CT molecular complexity index is 671. The van der Waals surface area contributed by atoms with Crippen LogP contribution in [0.5, 0.6) is 0 Å². The number of nitrogens with one attached hydrogen (secondary N) is 1. The van der Waals surface area contributed by atoms with Gasteiger partial charge in [-0.1, -0.05) is 18.2 Å². The highest BCUT2D eigenvalue weighted by Gasteiger charge is 2.33. The van der Waals surface area contributed by atoms with Crippen LogP contribution >= 0.6 is 0 Å². The molecule has 0 radical (unpaired) electrons. The molecule has 0 bridgehead atoms. The van der Waals surface area contributed by atoms with Gasteiger partial charge in [0.1, 0.15) is 11.6 Å². The van der Waals surface area contributed by atoms with Crippen molar-refractivity contribution in [3.05, 3.63) is 47.4 Å². The first-order chi connectivity index (χ1) is 10.8. The van der Waals surface area contributed by atoms with Gasteiger partial charge in [0, 0.05) is 26.7 Å². The van der Waals surface area contributed by atoms with E-state index in [9.17, 15) is 17.6 Å². The molecule has 1 heterocycles. The second-order valence-electron chi connectivity index (χ2n) is 5.10. The highest BCUT2D eigenvalue weighted by Crippen LogP contribution is 2.30. The zero-order chi connectivity index (χ0) is 17.0. The summed E-state index contributed by atoms with van der Waals surface area (Å²) in [4.78, 5) is 8.94. The second kappa shape index (κ2) is 6.80. The highest BCUT2D eigenvalue weighted by molar-refractivity contribution is 5.44. The third-order valence-electron chi connectivity index (χ3n) is 3.10. The number of rotatable bonds is 5. The molecule has 4 nitrogen and oxygen atoms in total. The van der Waals surface area contributed by atoms with Crippen LogP contribution in [0, 0.1) is 5.82 Å². The Balaban J connectivity index is 2.13. The van der Waals surface area contributed by atoms with Crippen LogP contribution in [0.25, 0.3) is 0 Å². The monoisotopic (exact) mass is 328 g/mol. The van der Waals surface area contributed by atoms with Crippen molar-refractivity contribution in [1.29, 1.82) is 0 Å². The molecule has 0 aliphatic rings. The standard InChI is InChI=1S/C15H16F4N4/c1-23(2)13-9-12(15(17,18)19)21-14(22-13)20-8-7-10-5-3-4-6-11(10)16/h3-6,9H,7-8H2,1-2H3,(H,20,21,22). The number of aromatic nitrogens is 2. The van der Waals surface area contributed by atoms with Crippen LogP contribution in [0.1, 0.15) is 11.3 Å². The van der Waals surface area contributed by atoms with Gasteiger partial charge in [-0.15, -0.1) is 0 Å². The number of benzene rings is 1. The summed E-state index contributed by atoms with van der Waals surface area (Å²) in [5.41, 5.74) is -0.551. The number of hydrogen-bond acceptors (Lipinski definition) is 4. The van der Waals surface area contributed by atoms with E-state index < -0.39 is 11.9 Å². The lowest BCUT2D eigenvalue weighted by atomic mass is 10.1. The Hall–Kier alpha value is -2.38. The molecule has 0 spiro atoms. The van der Waals surface area contributed by atoms with Crippen molar-refractivity contribution < 1.29 is 17.6 Å². The third kappa shape index (κ3) is 4.54. The first kappa shape index (κ1) is 17.0. The van der Waals surface area contributed by atoms with Crippen molar-refractivity contribution in [3.63, 3.8) is 0 Å². The van der Waals surface area contributed by atoms with Crippen LogP contribution in [-0.4, -0.2) is 30.6 Å². The van der Waals surface area contributed by atoms with Crippen LogP contribution < -0.4 is 10.2 Å². The number of hydrogen-bond donors (Lipinski definition) is 1. The van der Waals surface area contributed by atoms with E-state index in [4.69, 9.17) is 0 Å². The van der Waals surface area contributed by atoms with Crippen LogP contribution in [-0.2, 0) is 12.6 Å². The molecule has 1 aromatic heterocycles. The number of anilines is 2. The van der Waals surface area contributed by atoms with Gasteiger partial charge < -0.3 is 10.2 Å². The molecular weight excluding hydrogens is 312 g/mol. The predicted molar refractivity (Wildman–Crippen MR) is 80.0 cm³/mol. The molecule has 2 rings (SSSR count). The van der Waals surface area contributed by atoms with Gasteiger partial charge in [-0.25, -0.2) is 9.37 Å². The van der Waals surface area contributed by atoms with Crippen LogP contribution in [0.3, 0.4) is 0 Å². The Morgan fingerprint density at radius 1 is 1.13 bits per heavy atom. The van der Waals surface area contributed by atoms with Crippen LogP contribution in [0.15, 0.2) is 30.3 Å². The van der Waals surface area contributed by atoms with Crippen molar-refractivity contribution in [2.75, 3.05) is 30.9 Å². The van der Waals surface area contributed by atoms with Gasteiger partial charge >= 0.3 is 6.18 Å². The predicted octanol–water partition coefficient (Wildman–Crippen LogP) is 3.36. The van der Waals surface area contributed by atoms with Crippen molar-refractivity contribution in [2.24, 2.45) is 0 Å². The van der Waals surface area contributed by atoms with E-state index in [1.807, 2.05) is 0 Å². The van der Waals surface area contributed by atoms with E-state index in [1.54, 1.807) is 32.3 Å². The summed E-state index contributed by atoms with van der Waals surface area (Å²) < 4.78 is 52.1. The van der Waals surface area contributed by atoms with Gasteiger partial charge in [0.15, 0.2) is 5.69 Å². The van der Waals surface area contributed by atoms with Crippen molar-refractivity contribution in [1.82, 2.24) is 9.97 Å². The van der Waals surface area contributed by atoms with Gasteiger partial charge in [-0.05, 0) is 18.1 Å². The summed E-state index contributed by atoms with van der Waals surface area (Å²) in [6.45, 7) is 0.217. The summed E-state index contributed by atoms with van der Waals surface area (Å²) in [6, 6.07) is 7.10. The summed E-state index contributed by atoms with van der Waals surface area (Å²) in [7, 11) is 3.18. The second-order valence-corrected chi connectivity index (χ2v) is 5.10. The summed E-state index contributed by atoms with van der Waals surface area (Å²) >= 11 is 0. The molecule has 0 amide bonds. The highest BCUT2D eigenvalue weighted by atomic mass is 19.4. The molecule has 1 N–H and O–H groups in total. The number of alkyl halides is 3. The Kier molecular flexibility index (Phi) is 5.02. The molecular formula is C15H16F4N4. The third-order valence-corrected chi connectivity index (χ3v) is 3.10. The Morgan fingerprint density at radius 3 is 2.43 bits per heavy atom. The fourth-order valence-corrected chi connectivity index (χ4v) is 1.90. The number of nitrogens with zero attached hydrogens (tertiary/aromatic N) is 3. The minimum absolute atomic E-state index is 0.139. The minimum atomic E-state index is -4.56. The van der Waals surface area contributed by atoms with E-state index in [0.29, 0.717) is 12.0 Å². The van der Waals surface area contributed by atoms with Gasteiger partial charge in [-0.2, -0.15) is 18.2 Å². The lowest BCUT2D eigenvalue weighted by Crippen LogP contribution is -2.18. The smallest absolute Gasteiger partial charge is 0.363 e. The van der Waals surface area contributed by atoms with Crippen molar-refractivity contribution in [3.8, 4) is 0 Å². The molecule has 8 heteroatoms. The largest absolute Gasteiger partial charge is 0.433 e. The van der Waals surface area contributed by atoms with E-state index in [0.717, 1.165) is 6.07 Å². The van der Waals surface area contributed by atoms with Crippen LogP contribution in [0.4, 0.5) is 29.3 Å². The van der Waals surface area contributed by atoms with E-state index in [1.165, 1.54) is 11.0 Å². The molecule has 23 heavy (non-hydrogen) atoms. The molecule has 0 aliphatic carbocycles. The summed E-state index contributed by atoms with van der Waals surface area (Å²) in [5.74, 6) is -0.353. The lowest BCUT2D eigenvalue weighted by Gasteiger charge is -2.16. The fourth-order valence-electron chi connectivity index (χ4n) is 1.90. The van der Waals surface area contributed by atoms with E-state index in [-0.39, 0.29) is 24.1 Å². The first-order valence-corrected chi connectivity index (χ1v) is 6.88. The fraction of sp³-hybridized carbons (Fsp3) is 0.333. The topological polar surface area (TPSA) is 41.1 Å². The Morgan fingerprint density at radius 2 is 1.83 bits per heavy atom. The maximum absolute atomic E-state index is 13.5. The SMILES string of the molecule is CN(C)c1cc(C(F)(F)F)nc(NCCc2ccccc2F)n1. The summed E-state index contributed by atoms with van der Waals surface area (Å²) in [5, 5.41) is 2.71. The quantitative estimate of drug-likeness (QED) is 0.855. The normalized spacial score (nSPS) is 11.4. The minimum Gasteiger partial charge on any atom is -0.363 e. The lowest BCUT2D eigenvalue weighted by molar-refractivity contribution is -0.141. The summed E-state index contributed by atoms with van der Waals surface area (Å²) in [6.07, 6.45) is -4.25. The van der Waals surface area contributed by atoms with Gasteiger partial charge in [0.2, 0.25) is 5.95 Å². The average Bonchev–Trinajstić information content (AvgIpc) is 2.48. The molecule has 2 aromatic rings. The molecule has 0 saturated heterocycles. The average molecular weight is 328 g/mol. The molecule has 0 fully saturated rings. The van der Waals surface area contributed by atoms with E-state index >= 15 is 0 Å². The molecule has 124 valence electrons. The molecule has 0 atom stereocenters. The van der Waals surface area contributed by atoms with Gasteiger partial charge in [0.25, 0.3) is 0 Å². The number of halogens is 4. The van der Waals surface area contributed by atoms with Gasteiger partial charge in [0.05, 0.1) is 0 Å². The van der Waals surface area contributed by atoms with Crippen molar-refractivity contribution in [2.45, 2.75) is 12.6 Å². The maximum Gasteiger partial charge on any atom is 0.433 e. The molecule has 0 saturated carbocycles. The first-order valence-electron chi connectivity index (χ1n) is 6.88. The van der Waals surface area contributed by atoms with E-state index in [2.05, 4.69) is 15.3 Å². The van der Waals surface area contributed by atoms with Crippen LogP contribution in [0.2, 0.25) is 0 Å². The Labute approximate surface area is 131 Å². The molecule has 0 unspecified atom stereocenters. The zero-order valence-corrected chi connectivity index (χ0v) is 12.7. The molecule has 1 aromatic carbocycles. The maximum atomic E-state index is 13.5. The zero-order valence-electron chi connectivity index (χ0n) is 12.7.